The van der Waals surface area contributed by atoms with Crippen molar-refractivity contribution in [1.29, 1.82) is 0 Å². The first-order valence-electron chi connectivity index (χ1n) is 3.21. The van der Waals surface area contributed by atoms with Crippen LogP contribution >= 0.6 is 0 Å². The van der Waals surface area contributed by atoms with Gasteiger partial charge in [0.1, 0.15) is 0 Å². The van der Waals surface area contributed by atoms with Gasteiger partial charge in [0.25, 0.3) is 0 Å². The third kappa shape index (κ3) is 1.69. The molecular formula is C8H14O2. The zero-order chi connectivity index (χ0) is 6.91. The molecule has 1 aliphatic rings. The number of rotatable bonds is 0. The molecule has 2 heteroatoms. The van der Waals surface area contributed by atoms with Crippen LogP contribution in [0.1, 0.15) is 13.8 Å². The summed E-state index contributed by atoms with van der Waals surface area (Å²) in [4.78, 5) is 0. The molecule has 2 nitrogen and oxygen atoms in total. The van der Waals surface area contributed by atoms with Gasteiger partial charge in [0.15, 0.2) is 0 Å². The van der Waals surface area contributed by atoms with Gasteiger partial charge in [-0.3, -0.25) is 0 Å². The summed E-state index contributed by atoms with van der Waals surface area (Å²) in [6.07, 6.45) is 7.65. The second-order valence-electron chi connectivity index (χ2n) is 2.76. The molecule has 0 aromatic heterocycles. The summed E-state index contributed by atoms with van der Waals surface area (Å²) < 4.78 is 0. The van der Waals surface area contributed by atoms with Gasteiger partial charge in [0.2, 0.25) is 0 Å². The maximum absolute atomic E-state index is 9.50. The number of aliphatic hydroxyl groups is 1. The quantitative estimate of drug-likeness (QED) is 0.531. The Morgan fingerprint density at radius 1 is 1.40 bits per heavy atom. The summed E-state index contributed by atoms with van der Waals surface area (Å²) in [6, 6.07) is 0. The molecule has 0 radical (unpaired) electrons. The molecule has 0 bridgehead atoms. The molecule has 0 fully saturated rings. The second kappa shape index (κ2) is 2.99. The van der Waals surface area contributed by atoms with Crippen molar-refractivity contribution in [3.8, 4) is 0 Å². The van der Waals surface area contributed by atoms with Gasteiger partial charge in [-0.15, -0.1) is 0 Å². The molecule has 0 aliphatic heterocycles. The minimum Gasteiger partial charge on any atom is -0.412 e. The van der Waals surface area contributed by atoms with Crippen molar-refractivity contribution < 1.29 is 10.6 Å². The summed E-state index contributed by atoms with van der Waals surface area (Å²) in [6.45, 7) is 3.82. The minimum atomic E-state index is -0.630. The van der Waals surface area contributed by atoms with E-state index >= 15 is 0 Å². The topological polar surface area (TPSA) is 51.7 Å². The fourth-order valence-electron chi connectivity index (χ4n) is 0.828. The van der Waals surface area contributed by atoms with E-state index in [2.05, 4.69) is 0 Å². The molecule has 2 unspecified atom stereocenters. The highest BCUT2D eigenvalue weighted by molar-refractivity contribution is 5.19. The molecule has 58 valence electrons. The van der Waals surface area contributed by atoms with E-state index in [9.17, 15) is 5.11 Å². The Labute approximate surface area is 61.2 Å². The molecule has 0 saturated heterocycles. The highest BCUT2D eigenvalue weighted by Crippen LogP contribution is 2.22. The van der Waals surface area contributed by atoms with E-state index in [-0.39, 0.29) is 11.4 Å². The van der Waals surface area contributed by atoms with Crippen molar-refractivity contribution in [3.05, 3.63) is 24.3 Å². The van der Waals surface area contributed by atoms with Crippen LogP contribution in [-0.4, -0.2) is 16.2 Å². The van der Waals surface area contributed by atoms with Gasteiger partial charge in [0.05, 0.1) is 5.60 Å². The van der Waals surface area contributed by atoms with Crippen molar-refractivity contribution in [1.82, 2.24) is 0 Å². The van der Waals surface area contributed by atoms with Crippen LogP contribution in [0, 0.1) is 5.92 Å². The van der Waals surface area contributed by atoms with Gasteiger partial charge in [-0.25, -0.2) is 0 Å². The maximum atomic E-state index is 9.50. The van der Waals surface area contributed by atoms with Crippen molar-refractivity contribution in [3.63, 3.8) is 0 Å². The molecule has 2 atom stereocenters. The van der Waals surface area contributed by atoms with Crippen molar-refractivity contribution in [2.24, 2.45) is 5.92 Å². The van der Waals surface area contributed by atoms with Gasteiger partial charge in [-0.2, -0.15) is 0 Å². The maximum Gasteiger partial charge on any atom is 0.0862 e. The monoisotopic (exact) mass is 142 g/mol. The van der Waals surface area contributed by atoms with Gasteiger partial charge < -0.3 is 10.6 Å². The molecular weight excluding hydrogens is 128 g/mol. The smallest absolute Gasteiger partial charge is 0.0862 e. The summed E-state index contributed by atoms with van der Waals surface area (Å²) in [5.41, 5.74) is -0.630. The SMILES string of the molecule is CC1C=CC=CC1(C)O.O. The molecule has 1 aliphatic carbocycles. The lowest BCUT2D eigenvalue weighted by Crippen LogP contribution is -2.29. The Morgan fingerprint density at radius 2 is 2.00 bits per heavy atom. The minimum absolute atomic E-state index is 0. The fraction of sp³-hybridized carbons (Fsp3) is 0.500. The Kier molecular flexibility index (Phi) is 2.81. The first kappa shape index (κ1) is 9.40. The average Bonchev–Trinajstić information content (AvgIpc) is 1.77. The molecule has 0 amide bonds. The lowest BCUT2D eigenvalue weighted by atomic mass is 9.87. The van der Waals surface area contributed by atoms with E-state index in [0.29, 0.717) is 0 Å². The molecule has 1 rings (SSSR count). The fourth-order valence-corrected chi connectivity index (χ4v) is 0.828. The largest absolute Gasteiger partial charge is 0.412 e. The van der Waals surface area contributed by atoms with Crippen LogP contribution in [0.2, 0.25) is 0 Å². The molecule has 0 spiro atoms. The summed E-state index contributed by atoms with van der Waals surface area (Å²) in [5, 5.41) is 9.50. The molecule has 0 saturated carbocycles. The highest BCUT2D eigenvalue weighted by Gasteiger charge is 2.23. The predicted octanol–water partition coefficient (Wildman–Crippen LogP) is 0.675. The van der Waals surface area contributed by atoms with Crippen LogP contribution in [0.15, 0.2) is 24.3 Å². The Hall–Kier alpha value is -0.600. The summed E-state index contributed by atoms with van der Waals surface area (Å²) in [7, 11) is 0. The van der Waals surface area contributed by atoms with Gasteiger partial charge >= 0.3 is 0 Å². The average molecular weight is 142 g/mol. The van der Waals surface area contributed by atoms with Gasteiger partial charge in [0, 0.05) is 5.92 Å². The second-order valence-corrected chi connectivity index (χ2v) is 2.76. The van der Waals surface area contributed by atoms with Crippen molar-refractivity contribution in [2.45, 2.75) is 19.4 Å². The van der Waals surface area contributed by atoms with E-state index < -0.39 is 5.60 Å². The van der Waals surface area contributed by atoms with Crippen LogP contribution in [0.3, 0.4) is 0 Å². The van der Waals surface area contributed by atoms with Crippen LogP contribution in [0.25, 0.3) is 0 Å². The molecule has 0 aromatic rings. The number of hydrogen-bond acceptors (Lipinski definition) is 1. The zero-order valence-corrected chi connectivity index (χ0v) is 6.33. The van der Waals surface area contributed by atoms with E-state index in [1.807, 2.05) is 38.2 Å². The van der Waals surface area contributed by atoms with Crippen LogP contribution in [0.5, 0.6) is 0 Å². The van der Waals surface area contributed by atoms with Crippen LogP contribution in [0.4, 0.5) is 0 Å². The van der Waals surface area contributed by atoms with E-state index in [4.69, 9.17) is 0 Å². The van der Waals surface area contributed by atoms with E-state index in [1.54, 1.807) is 0 Å². The molecule has 0 heterocycles. The first-order valence-corrected chi connectivity index (χ1v) is 3.21. The van der Waals surface area contributed by atoms with Crippen molar-refractivity contribution >= 4 is 0 Å². The van der Waals surface area contributed by atoms with E-state index in [0.717, 1.165) is 0 Å². The molecule has 3 N–H and O–H groups in total. The third-order valence-corrected chi connectivity index (χ3v) is 1.87. The van der Waals surface area contributed by atoms with Crippen LogP contribution < -0.4 is 0 Å². The predicted molar refractivity (Wildman–Crippen MR) is 41.7 cm³/mol. The first-order chi connectivity index (χ1) is 4.13. The zero-order valence-electron chi connectivity index (χ0n) is 6.33. The lowest BCUT2D eigenvalue weighted by Gasteiger charge is -2.26. The Morgan fingerprint density at radius 3 is 2.30 bits per heavy atom. The van der Waals surface area contributed by atoms with E-state index in [1.165, 1.54) is 0 Å². The van der Waals surface area contributed by atoms with Crippen LogP contribution in [-0.2, 0) is 0 Å². The lowest BCUT2D eigenvalue weighted by molar-refractivity contribution is 0.0730. The number of allylic oxidation sites excluding steroid dienone is 2. The standard InChI is InChI=1S/C8H12O.H2O/c1-7-5-3-4-6-8(7,2)9;/h3-7,9H,1-2H3;1H2. The third-order valence-electron chi connectivity index (χ3n) is 1.87. The normalized spacial score (nSPS) is 37.3. The summed E-state index contributed by atoms with van der Waals surface area (Å²) in [5.74, 6) is 0.238. The Bertz CT molecular complexity index is 157. The summed E-state index contributed by atoms with van der Waals surface area (Å²) >= 11 is 0. The Balaban J connectivity index is 0.000000810. The van der Waals surface area contributed by atoms with Crippen molar-refractivity contribution in [2.75, 3.05) is 0 Å². The van der Waals surface area contributed by atoms with Gasteiger partial charge in [-0.05, 0) is 6.92 Å². The number of hydrogen-bond donors (Lipinski definition) is 1. The molecule has 10 heavy (non-hydrogen) atoms. The highest BCUT2D eigenvalue weighted by atomic mass is 16.3. The van der Waals surface area contributed by atoms with Gasteiger partial charge in [-0.1, -0.05) is 31.2 Å². The molecule has 0 aromatic carbocycles.